The Morgan fingerprint density at radius 2 is 1.95 bits per heavy atom. The summed E-state index contributed by atoms with van der Waals surface area (Å²) < 4.78 is 1.06. The van der Waals surface area contributed by atoms with E-state index in [9.17, 15) is 4.79 Å². The molecule has 0 aliphatic rings. The van der Waals surface area contributed by atoms with Gasteiger partial charge in [-0.15, -0.1) is 11.3 Å². The van der Waals surface area contributed by atoms with E-state index in [0.29, 0.717) is 6.54 Å². The molecule has 0 saturated carbocycles. The lowest BCUT2D eigenvalue weighted by Crippen LogP contribution is -2.40. The van der Waals surface area contributed by atoms with Crippen molar-refractivity contribution < 1.29 is 4.79 Å². The fourth-order valence-corrected chi connectivity index (χ4v) is 3.86. The average molecular weight is 381 g/mol. The van der Waals surface area contributed by atoms with Crippen molar-refractivity contribution in [3.63, 3.8) is 0 Å². The van der Waals surface area contributed by atoms with Crippen LogP contribution in [-0.2, 0) is 11.3 Å². The number of amides is 1. The van der Waals surface area contributed by atoms with Crippen molar-refractivity contribution in [1.29, 1.82) is 0 Å². The van der Waals surface area contributed by atoms with Crippen LogP contribution < -0.4 is 5.32 Å². The Hall–Kier alpha value is -1.17. The fourth-order valence-electron chi connectivity index (χ4n) is 2.47. The first kappa shape index (κ1) is 17.2. The highest BCUT2D eigenvalue weighted by molar-refractivity contribution is 9.10. The lowest BCUT2D eigenvalue weighted by atomic mass is 10.0. The van der Waals surface area contributed by atoms with Crippen molar-refractivity contribution in [3.8, 4) is 0 Å². The number of nitrogens with one attached hydrogen (secondary N) is 1. The molecule has 1 aromatic carbocycles. The predicted molar refractivity (Wildman–Crippen MR) is 96.0 cm³/mol. The van der Waals surface area contributed by atoms with Crippen LogP contribution in [0.3, 0.4) is 0 Å². The van der Waals surface area contributed by atoms with Crippen LogP contribution in [0.4, 0.5) is 0 Å². The molecule has 0 saturated heterocycles. The zero-order valence-electron chi connectivity index (χ0n) is 12.9. The van der Waals surface area contributed by atoms with Crippen LogP contribution in [0.15, 0.2) is 46.3 Å². The number of halogens is 1. The van der Waals surface area contributed by atoms with Crippen molar-refractivity contribution in [1.82, 2.24) is 10.2 Å². The maximum Gasteiger partial charge on any atom is 0.242 e. The van der Waals surface area contributed by atoms with Gasteiger partial charge in [-0.05, 0) is 40.6 Å². The summed E-state index contributed by atoms with van der Waals surface area (Å²) in [5.74, 6) is 0.0550. The number of carbonyl (C=O) groups is 1. The quantitative estimate of drug-likeness (QED) is 0.779. The maximum absolute atomic E-state index is 12.7. The fraction of sp³-hybridized carbons (Fsp3) is 0.353. The van der Waals surface area contributed by atoms with Gasteiger partial charge in [-0.1, -0.05) is 44.2 Å². The van der Waals surface area contributed by atoms with E-state index in [-0.39, 0.29) is 11.9 Å². The van der Waals surface area contributed by atoms with Crippen molar-refractivity contribution in [2.24, 2.45) is 0 Å². The third kappa shape index (κ3) is 4.41. The molecule has 22 heavy (non-hydrogen) atoms. The van der Waals surface area contributed by atoms with Gasteiger partial charge in [0, 0.05) is 14.7 Å². The lowest BCUT2D eigenvalue weighted by molar-refractivity contribution is -0.126. The van der Waals surface area contributed by atoms with Gasteiger partial charge < -0.3 is 5.32 Å². The molecule has 0 aliphatic carbocycles. The molecule has 0 radical (unpaired) electrons. The van der Waals surface area contributed by atoms with Crippen LogP contribution in [0.2, 0.25) is 0 Å². The van der Waals surface area contributed by atoms with E-state index in [0.717, 1.165) is 28.0 Å². The Kier molecular flexibility index (Phi) is 6.61. The monoisotopic (exact) mass is 380 g/mol. The summed E-state index contributed by atoms with van der Waals surface area (Å²) in [6, 6.07) is 11.8. The van der Waals surface area contributed by atoms with Crippen LogP contribution in [0.25, 0.3) is 0 Å². The van der Waals surface area contributed by atoms with Gasteiger partial charge in [0.2, 0.25) is 5.91 Å². The van der Waals surface area contributed by atoms with Gasteiger partial charge in [0.15, 0.2) is 0 Å². The third-order valence-electron chi connectivity index (χ3n) is 3.60. The summed E-state index contributed by atoms with van der Waals surface area (Å²) in [7, 11) is 0. The summed E-state index contributed by atoms with van der Waals surface area (Å²) in [4.78, 5) is 16.0. The van der Waals surface area contributed by atoms with Gasteiger partial charge in [-0.25, -0.2) is 0 Å². The number of carbonyl (C=O) groups excluding carboxylic acids is 1. The van der Waals surface area contributed by atoms with E-state index >= 15 is 0 Å². The maximum atomic E-state index is 12.7. The first-order chi connectivity index (χ1) is 10.7. The minimum Gasteiger partial charge on any atom is -0.350 e. The zero-order chi connectivity index (χ0) is 15.9. The standard InChI is InChI=1S/C17H21BrN2OS/c1-3-20(4-2)16(13-8-6-5-7-9-13)17(21)19-11-15-10-14(18)12-22-15/h5-10,12,16H,3-4,11H2,1-2H3,(H,19,21). The van der Waals surface area contributed by atoms with Gasteiger partial charge in [-0.3, -0.25) is 9.69 Å². The third-order valence-corrected chi connectivity index (χ3v) is 5.30. The molecule has 0 bridgehead atoms. The van der Waals surface area contributed by atoms with Crippen LogP contribution in [-0.4, -0.2) is 23.9 Å². The molecular formula is C17H21BrN2OS. The van der Waals surface area contributed by atoms with E-state index in [2.05, 4.69) is 40.0 Å². The molecule has 3 nitrogen and oxygen atoms in total. The molecule has 1 atom stereocenters. The highest BCUT2D eigenvalue weighted by Crippen LogP contribution is 2.22. The van der Waals surface area contributed by atoms with Crippen LogP contribution >= 0.6 is 27.3 Å². The molecule has 1 N–H and O–H groups in total. The van der Waals surface area contributed by atoms with Crippen molar-refractivity contribution >= 4 is 33.2 Å². The van der Waals surface area contributed by atoms with E-state index < -0.39 is 0 Å². The molecule has 0 aliphatic heterocycles. The highest BCUT2D eigenvalue weighted by Gasteiger charge is 2.25. The van der Waals surface area contributed by atoms with E-state index in [4.69, 9.17) is 0 Å². The van der Waals surface area contributed by atoms with Gasteiger partial charge >= 0.3 is 0 Å². The Morgan fingerprint density at radius 3 is 2.50 bits per heavy atom. The predicted octanol–water partition coefficient (Wildman–Crippen LogP) is 4.21. The number of nitrogens with zero attached hydrogens (tertiary/aromatic N) is 1. The highest BCUT2D eigenvalue weighted by atomic mass is 79.9. The average Bonchev–Trinajstić information content (AvgIpc) is 2.96. The van der Waals surface area contributed by atoms with E-state index in [1.165, 1.54) is 0 Å². The molecular weight excluding hydrogens is 360 g/mol. The van der Waals surface area contributed by atoms with E-state index in [1.807, 2.05) is 41.8 Å². The molecule has 0 spiro atoms. The second kappa shape index (κ2) is 8.46. The second-order valence-corrected chi connectivity index (χ2v) is 6.89. The topological polar surface area (TPSA) is 32.3 Å². The van der Waals surface area contributed by atoms with Crippen molar-refractivity contribution in [2.45, 2.75) is 26.4 Å². The number of rotatable bonds is 7. The van der Waals surface area contributed by atoms with Gasteiger partial charge in [0.05, 0.1) is 6.54 Å². The molecule has 2 rings (SSSR count). The first-order valence-electron chi connectivity index (χ1n) is 7.45. The number of thiophene rings is 1. The number of likely N-dealkylation sites (N-methyl/N-ethyl adjacent to an activating group) is 1. The normalized spacial score (nSPS) is 12.4. The lowest BCUT2D eigenvalue weighted by Gasteiger charge is -2.29. The summed E-state index contributed by atoms with van der Waals surface area (Å²) in [5, 5.41) is 5.10. The van der Waals surface area contributed by atoms with Crippen LogP contribution in [0, 0.1) is 0 Å². The number of benzene rings is 1. The van der Waals surface area contributed by atoms with Crippen LogP contribution in [0.1, 0.15) is 30.3 Å². The second-order valence-electron chi connectivity index (χ2n) is 4.98. The van der Waals surface area contributed by atoms with Crippen LogP contribution in [0.5, 0.6) is 0 Å². The summed E-state index contributed by atoms with van der Waals surface area (Å²) >= 11 is 5.08. The summed E-state index contributed by atoms with van der Waals surface area (Å²) in [6.45, 7) is 6.42. The van der Waals surface area contributed by atoms with Crippen molar-refractivity contribution in [2.75, 3.05) is 13.1 Å². The smallest absolute Gasteiger partial charge is 0.242 e. The number of hydrogen-bond acceptors (Lipinski definition) is 3. The first-order valence-corrected chi connectivity index (χ1v) is 9.12. The summed E-state index contributed by atoms with van der Waals surface area (Å²) in [5.41, 5.74) is 1.04. The number of hydrogen-bond donors (Lipinski definition) is 1. The Labute approximate surface area is 144 Å². The Balaban J connectivity index is 2.12. The molecule has 0 fully saturated rings. The molecule has 2 aromatic rings. The molecule has 1 heterocycles. The zero-order valence-corrected chi connectivity index (χ0v) is 15.3. The Morgan fingerprint density at radius 1 is 1.27 bits per heavy atom. The van der Waals surface area contributed by atoms with Gasteiger partial charge in [0.1, 0.15) is 6.04 Å². The van der Waals surface area contributed by atoms with E-state index in [1.54, 1.807) is 11.3 Å². The molecule has 118 valence electrons. The molecule has 1 amide bonds. The largest absolute Gasteiger partial charge is 0.350 e. The Bertz CT molecular complexity index is 596. The summed E-state index contributed by atoms with van der Waals surface area (Å²) in [6.07, 6.45) is 0. The minimum atomic E-state index is -0.236. The van der Waals surface area contributed by atoms with Crippen molar-refractivity contribution in [3.05, 3.63) is 56.7 Å². The molecule has 5 heteroatoms. The minimum absolute atomic E-state index is 0.0550. The SMILES string of the molecule is CCN(CC)C(C(=O)NCc1cc(Br)cs1)c1ccccc1. The van der Waals surface area contributed by atoms with Gasteiger partial charge in [0.25, 0.3) is 0 Å². The molecule has 1 unspecified atom stereocenters. The molecule has 1 aromatic heterocycles. The van der Waals surface area contributed by atoms with Gasteiger partial charge in [-0.2, -0.15) is 0 Å².